The fourth-order valence-corrected chi connectivity index (χ4v) is 3.19. The highest BCUT2D eigenvalue weighted by Gasteiger charge is 2.34. The summed E-state index contributed by atoms with van der Waals surface area (Å²) in [7, 11) is 1.62. The highest BCUT2D eigenvalue weighted by atomic mass is 16.5. The van der Waals surface area contributed by atoms with Gasteiger partial charge in [0.2, 0.25) is 11.8 Å². The molecule has 1 saturated heterocycles. The number of likely N-dealkylation sites (tertiary alicyclic amines) is 1. The Labute approximate surface area is 165 Å². The van der Waals surface area contributed by atoms with Gasteiger partial charge in [-0.05, 0) is 55.8 Å². The Morgan fingerprint density at radius 3 is 2.36 bits per heavy atom. The van der Waals surface area contributed by atoms with Gasteiger partial charge in [0.15, 0.2) is 0 Å². The number of ether oxygens (including phenoxy) is 2. The second-order valence-corrected chi connectivity index (χ2v) is 7.20. The summed E-state index contributed by atoms with van der Waals surface area (Å²) in [6.45, 7) is 4.84. The zero-order valence-electron chi connectivity index (χ0n) is 16.5. The van der Waals surface area contributed by atoms with Crippen LogP contribution >= 0.6 is 0 Å². The first-order valence-corrected chi connectivity index (χ1v) is 9.43. The second-order valence-electron chi connectivity index (χ2n) is 7.20. The standard InChI is InChI=1S/C22H26N2O4/c1-15(2)28-20-10-6-18(7-11-20)23-22(26)17-12-21(25)24(14-17)13-16-4-8-19(27-3)9-5-16/h4-11,15,17H,12-14H2,1-3H3,(H,23,26). The summed E-state index contributed by atoms with van der Waals surface area (Å²) in [5.41, 5.74) is 1.71. The van der Waals surface area contributed by atoms with E-state index in [4.69, 9.17) is 9.47 Å². The van der Waals surface area contributed by atoms with Gasteiger partial charge in [0.25, 0.3) is 0 Å². The first-order valence-electron chi connectivity index (χ1n) is 9.43. The maximum Gasteiger partial charge on any atom is 0.229 e. The molecule has 2 aromatic rings. The van der Waals surface area contributed by atoms with Gasteiger partial charge in [-0.1, -0.05) is 12.1 Å². The van der Waals surface area contributed by atoms with Crippen molar-refractivity contribution in [3.63, 3.8) is 0 Å². The van der Waals surface area contributed by atoms with Crippen molar-refractivity contribution in [2.75, 3.05) is 19.0 Å². The molecule has 6 heteroatoms. The molecule has 1 aliphatic rings. The molecule has 148 valence electrons. The van der Waals surface area contributed by atoms with E-state index < -0.39 is 0 Å². The number of hydrogen-bond acceptors (Lipinski definition) is 4. The summed E-state index contributed by atoms with van der Waals surface area (Å²) < 4.78 is 10.8. The number of carbonyl (C=O) groups excluding carboxylic acids is 2. The van der Waals surface area contributed by atoms with Crippen molar-refractivity contribution in [3.8, 4) is 11.5 Å². The van der Waals surface area contributed by atoms with Crippen LogP contribution in [0, 0.1) is 5.92 Å². The molecule has 2 aromatic carbocycles. The van der Waals surface area contributed by atoms with E-state index in [1.165, 1.54) is 0 Å². The molecule has 1 fully saturated rings. The highest BCUT2D eigenvalue weighted by Crippen LogP contribution is 2.23. The van der Waals surface area contributed by atoms with Crippen molar-refractivity contribution in [2.24, 2.45) is 5.92 Å². The number of rotatable bonds is 7. The first kappa shape index (κ1) is 19.7. The van der Waals surface area contributed by atoms with Crippen LogP contribution in [0.5, 0.6) is 11.5 Å². The first-order chi connectivity index (χ1) is 13.4. The molecule has 1 heterocycles. The molecule has 0 saturated carbocycles. The smallest absolute Gasteiger partial charge is 0.229 e. The fraction of sp³-hybridized carbons (Fsp3) is 0.364. The normalized spacial score (nSPS) is 16.4. The summed E-state index contributed by atoms with van der Waals surface area (Å²) in [4.78, 5) is 26.6. The van der Waals surface area contributed by atoms with Crippen LogP contribution in [0.15, 0.2) is 48.5 Å². The lowest BCUT2D eigenvalue weighted by Crippen LogP contribution is -2.28. The Morgan fingerprint density at radius 1 is 1.11 bits per heavy atom. The summed E-state index contributed by atoms with van der Waals surface area (Å²) in [6.07, 6.45) is 0.331. The monoisotopic (exact) mass is 382 g/mol. The van der Waals surface area contributed by atoms with Crippen LogP contribution in [0.2, 0.25) is 0 Å². The summed E-state index contributed by atoms with van der Waals surface area (Å²) >= 11 is 0. The quantitative estimate of drug-likeness (QED) is 0.796. The lowest BCUT2D eigenvalue weighted by atomic mass is 10.1. The van der Waals surface area contributed by atoms with E-state index >= 15 is 0 Å². The van der Waals surface area contributed by atoms with E-state index in [9.17, 15) is 9.59 Å². The average molecular weight is 382 g/mol. The van der Waals surface area contributed by atoms with Crippen LogP contribution < -0.4 is 14.8 Å². The number of amides is 2. The van der Waals surface area contributed by atoms with Gasteiger partial charge < -0.3 is 19.7 Å². The molecule has 28 heavy (non-hydrogen) atoms. The van der Waals surface area contributed by atoms with Crippen LogP contribution in [0.25, 0.3) is 0 Å². The Hall–Kier alpha value is -3.02. The average Bonchev–Trinajstić information content (AvgIpc) is 3.04. The predicted octanol–water partition coefficient (Wildman–Crippen LogP) is 3.47. The van der Waals surface area contributed by atoms with Gasteiger partial charge in [-0.3, -0.25) is 9.59 Å². The minimum atomic E-state index is -0.350. The molecule has 0 aromatic heterocycles. The minimum absolute atomic E-state index is 0.00310. The Bertz CT molecular complexity index is 815. The third-order valence-electron chi connectivity index (χ3n) is 4.61. The van der Waals surface area contributed by atoms with Crippen LogP contribution in [0.3, 0.4) is 0 Å². The van der Waals surface area contributed by atoms with E-state index in [0.29, 0.717) is 18.8 Å². The number of anilines is 1. The van der Waals surface area contributed by atoms with Crippen LogP contribution in [0.1, 0.15) is 25.8 Å². The molecule has 0 aliphatic carbocycles. The molecule has 1 atom stereocenters. The van der Waals surface area contributed by atoms with Crippen molar-refractivity contribution < 1.29 is 19.1 Å². The van der Waals surface area contributed by atoms with Gasteiger partial charge in [-0.2, -0.15) is 0 Å². The predicted molar refractivity (Wildman–Crippen MR) is 107 cm³/mol. The van der Waals surface area contributed by atoms with Gasteiger partial charge in [0, 0.05) is 25.2 Å². The third-order valence-corrected chi connectivity index (χ3v) is 4.61. The maximum absolute atomic E-state index is 12.6. The molecule has 6 nitrogen and oxygen atoms in total. The molecule has 1 aliphatic heterocycles. The molecular formula is C22H26N2O4. The topological polar surface area (TPSA) is 67.9 Å². The van der Waals surface area contributed by atoms with Crippen molar-refractivity contribution in [2.45, 2.75) is 32.9 Å². The van der Waals surface area contributed by atoms with Crippen LogP contribution in [-0.2, 0) is 16.1 Å². The number of carbonyl (C=O) groups is 2. The SMILES string of the molecule is COc1ccc(CN2CC(C(=O)Nc3ccc(OC(C)C)cc3)CC2=O)cc1. The van der Waals surface area contributed by atoms with Crippen LogP contribution in [-0.4, -0.2) is 36.5 Å². The maximum atomic E-state index is 12.6. The van der Waals surface area contributed by atoms with Crippen LogP contribution in [0.4, 0.5) is 5.69 Å². The Kier molecular flexibility index (Phi) is 6.19. The van der Waals surface area contributed by atoms with Gasteiger partial charge in [0.1, 0.15) is 11.5 Å². The van der Waals surface area contributed by atoms with E-state index in [0.717, 1.165) is 17.1 Å². The molecule has 0 spiro atoms. The number of hydrogen-bond donors (Lipinski definition) is 1. The summed E-state index contributed by atoms with van der Waals surface area (Å²) in [5.74, 6) is 1.05. The second kappa shape index (κ2) is 8.78. The summed E-state index contributed by atoms with van der Waals surface area (Å²) in [5, 5.41) is 2.89. The van der Waals surface area contributed by atoms with Gasteiger partial charge in [-0.15, -0.1) is 0 Å². The van der Waals surface area contributed by atoms with Crippen molar-refractivity contribution in [1.82, 2.24) is 4.90 Å². The number of benzene rings is 2. The summed E-state index contributed by atoms with van der Waals surface area (Å²) in [6, 6.07) is 14.9. The zero-order chi connectivity index (χ0) is 20.1. The third kappa shape index (κ3) is 5.03. The minimum Gasteiger partial charge on any atom is -0.497 e. The molecular weight excluding hydrogens is 356 g/mol. The number of nitrogens with zero attached hydrogens (tertiary/aromatic N) is 1. The zero-order valence-corrected chi connectivity index (χ0v) is 16.5. The number of nitrogens with one attached hydrogen (secondary N) is 1. The molecule has 0 bridgehead atoms. The lowest BCUT2D eigenvalue weighted by molar-refractivity contribution is -0.128. The Morgan fingerprint density at radius 2 is 1.75 bits per heavy atom. The van der Waals surface area contributed by atoms with Crippen molar-refractivity contribution in [3.05, 3.63) is 54.1 Å². The molecule has 2 amide bonds. The van der Waals surface area contributed by atoms with Crippen molar-refractivity contribution in [1.29, 1.82) is 0 Å². The lowest BCUT2D eigenvalue weighted by Gasteiger charge is -2.17. The van der Waals surface area contributed by atoms with Gasteiger partial charge in [0.05, 0.1) is 19.1 Å². The molecule has 1 N–H and O–H groups in total. The highest BCUT2D eigenvalue weighted by molar-refractivity contribution is 5.97. The van der Waals surface area contributed by atoms with E-state index in [1.807, 2.05) is 62.4 Å². The molecule has 1 unspecified atom stereocenters. The van der Waals surface area contributed by atoms with E-state index in [2.05, 4.69) is 5.32 Å². The fourth-order valence-electron chi connectivity index (χ4n) is 3.19. The van der Waals surface area contributed by atoms with Crippen molar-refractivity contribution >= 4 is 17.5 Å². The van der Waals surface area contributed by atoms with Gasteiger partial charge >= 0.3 is 0 Å². The molecule has 0 radical (unpaired) electrons. The Balaban J connectivity index is 1.55. The van der Waals surface area contributed by atoms with Gasteiger partial charge in [-0.25, -0.2) is 0 Å². The van der Waals surface area contributed by atoms with E-state index in [1.54, 1.807) is 12.0 Å². The largest absolute Gasteiger partial charge is 0.497 e. The molecule has 3 rings (SSSR count). The van der Waals surface area contributed by atoms with E-state index in [-0.39, 0.29) is 30.3 Å². The number of methoxy groups -OCH3 is 1.